The topological polar surface area (TPSA) is 131 Å². The number of aromatic nitrogens is 2. The minimum atomic E-state index is -1.07. The fourth-order valence-electron chi connectivity index (χ4n) is 1.47. The predicted molar refractivity (Wildman–Crippen MR) is 64.8 cm³/mol. The minimum Gasteiger partial charge on any atom is -0.478 e. The first kappa shape index (κ1) is 12.6. The Labute approximate surface area is 107 Å². The Kier molecular flexibility index (Phi) is 3.15. The third-order valence-electron chi connectivity index (χ3n) is 2.45. The number of amides is 1. The first-order chi connectivity index (χ1) is 8.99. The van der Waals surface area contributed by atoms with E-state index in [1.807, 2.05) is 0 Å². The van der Waals surface area contributed by atoms with Crippen molar-refractivity contribution in [2.24, 2.45) is 0 Å². The van der Waals surface area contributed by atoms with E-state index in [0.717, 1.165) is 0 Å². The third kappa shape index (κ3) is 2.51. The first-order valence-electron chi connectivity index (χ1n) is 5.22. The molecule has 1 heterocycles. The molecule has 0 aliphatic heterocycles. The zero-order valence-corrected chi connectivity index (χ0v) is 9.88. The molecule has 0 atom stereocenters. The Balaban J connectivity index is 2.25. The number of carboxylic acids is 1. The molecule has 0 radical (unpaired) electrons. The molecule has 1 aromatic carbocycles. The van der Waals surface area contributed by atoms with Crippen molar-refractivity contribution in [1.82, 2.24) is 10.3 Å². The number of aryl methyl sites for hydroxylation is 1. The number of carboxylic acid groups (broad SMARTS) is 1. The molecular formula is C11H10N4O4. The number of benzene rings is 1. The van der Waals surface area contributed by atoms with Crippen LogP contribution in [-0.2, 0) is 0 Å². The number of hydrogen-bond donors (Lipinski definition) is 3. The van der Waals surface area contributed by atoms with Gasteiger partial charge < -0.3 is 16.2 Å². The highest BCUT2D eigenvalue weighted by Gasteiger charge is 2.17. The Bertz CT molecular complexity index is 650. The van der Waals surface area contributed by atoms with Crippen LogP contribution in [0.5, 0.6) is 0 Å². The molecule has 98 valence electrons. The van der Waals surface area contributed by atoms with Crippen molar-refractivity contribution in [2.45, 2.75) is 6.92 Å². The van der Waals surface area contributed by atoms with Gasteiger partial charge in [0.05, 0.1) is 5.56 Å². The number of hydrogen-bond acceptors (Lipinski definition) is 6. The third-order valence-corrected chi connectivity index (χ3v) is 2.45. The number of rotatable bonds is 3. The Morgan fingerprint density at radius 2 is 2.11 bits per heavy atom. The summed E-state index contributed by atoms with van der Waals surface area (Å²) in [6, 6.07) is 4.51. The van der Waals surface area contributed by atoms with Gasteiger partial charge in [0.2, 0.25) is 11.5 Å². The van der Waals surface area contributed by atoms with Gasteiger partial charge in [-0.25, -0.2) is 9.42 Å². The summed E-state index contributed by atoms with van der Waals surface area (Å²) in [5.41, 5.74) is 6.23. The molecule has 4 N–H and O–H groups in total. The van der Waals surface area contributed by atoms with E-state index in [2.05, 4.69) is 20.3 Å². The molecule has 2 rings (SSSR count). The van der Waals surface area contributed by atoms with Crippen LogP contribution < -0.4 is 11.1 Å². The van der Waals surface area contributed by atoms with Gasteiger partial charge in [-0.2, -0.15) is 0 Å². The second-order valence-corrected chi connectivity index (χ2v) is 3.79. The van der Waals surface area contributed by atoms with Gasteiger partial charge in [-0.05, 0) is 34.9 Å². The van der Waals surface area contributed by atoms with Crippen LogP contribution in [0.25, 0.3) is 0 Å². The molecule has 1 amide bonds. The van der Waals surface area contributed by atoms with Crippen molar-refractivity contribution < 1.29 is 19.3 Å². The molecule has 8 nitrogen and oxygen atoms in total. The number of anilines is 2. The monoisotopic (exact) mass is 262 g/mol. The highest BCUT2D eigenvalue weighted by Crippen LogP contribution is 2.16. The van der Waals surface area contributed by atoms with Crippen LogP contribution in [0.4, 0.5) is 11.5 Å². The fraction of sp³-hybridized carbons (Fsp3) is 0.0909. The lowest BCUT2D eigenvalue weighted by atomic mass is 10.1. The molecule has 0 aliphatic rings. The number of nitrogens with one attached hydrogen (secondary N) is 1. The summed E-state index contributed by atoms with van der Waals surface area (Å²) in [5.74, 6) is -1.83. The number of nitrogens with zero attached hydrogens (tertiary/aromatic N) is 2. The molecule has 1 aromatic heterocycles. The maximum absolute atomic E-state index is 11.8. The summed E-state index contributed by atoms with van der Waals surface area (Å²) in [6.07, 6.45) is 0. The standard InChI is InChI=1S/C11H10N4O4/c1-5-2-3-6(4-7(5)11(17)18)13-10(16)8-9(12)15-19-14-8/h2-4H,1H3,(H2,12,15)(H,13,16)(H,17,18). The average Bonchev–Trinajstić information content (AvgIpc) is 2.77. The van der Waals surface area contributed by atoms with Crippen LogP contribution in [0, 0.1) is 6.92 Å². The maximum Gasteiger partial charge on any atom is 0.336 e. The second-order valence-electron chi connectivity index (χ2n) is 3.79. The van der Waals surface area contributed by atoms with Crippen LogP contribution in [0.1, 0.15) is 26.4 Å². The maximum atomic E-state index is 11.8. The minimum absolute atomic E-state index is 0.101. The molecule has 8 heteroatoms. The Morgan fingerprint density at radius 1 is 1.37 bits per heavy atom. The molecule has 19 heavy (non-hydrogen) atoms. The summed E-state index contributed by atoms with van der Waals surface area (Å²) >= 11 is 0. The smallest absolute Gasteiger partial charge is 0.336 e. The predicted octanol–water partition coefficient (Wildman–Crippen LogP) is 0.911. The summed E-state index contributed by atoms with van der Waals surface area (Å²) in [7, 11) is 0. The molecule has 0 saturated carbocycles. The zero-order chi connectivity index (χ0) is 14.0. The van der Waals surface area contributed by atoms with Crippen molar-refractivity contribution in [3.05, 3.63) is 35.0 Å². The molecule has 0 saturated heterocycles. The molecule has 0 aliphatic carbocycles. The van der Waals surface area contributed by atoms with Crippen molar-refractivity contribution in [2.75, 3.05) is 11.1 Å². The number of carbonyl (C=O) groups is 2. The molecule has 0 bridgehead atoms. The van der Waals surface area contributed by atoms with Crippen molar-refractivity contribution in [3.63, 3.8) is 0 Å². The van der Waals surface area contributed by atoms with Gasteiger partial charge in [-0.3, -0.25) is 4.79 Å². The highest BCUT2D eigenvalue weighted by atomic mass is 16.6. The SMILES string of the molecule is Cc1ccc(NC(=O)c2nonc2N)cc1C(=O)O. The first-order valence-corrected chi connectivity index (χ1v) is 5.22. The van der Waals surface area contributed by atoms with Gasteiger partial charge in [-0.15, -0.1) is 0 Å². The Hall–Kier alpha value is -2.90. The van der Waals surface area contributed by atoms with E-state index in [-0.39, 0.29) is 17.1 Å². The van der Waals surface area contributed by atoms with Crippen LogP contribution in [0.15, 0.2) is 22.8 Å². The summed E-state index contributed by atoms with van der Waals surface area (Å²) < 4.78 is 4.31. The van der Waals surface area contributed by atoms with E-state index in [1.54, 1.807) is 19.1 Å². The largest absolute Gasteiger partial charge is 0.478 e. The van der Waals surface area contributed by atoms with E-state index in [0.29, 0.717) is 11.3 Å². The molecule has 0 spiro atoms. The van der Waals surface area contributed by atoms with Gasteiger partial charge in [0.25, 0.3) is 5.91 Å². The van der Waals surface area contributed by atoms with E-state index in [1.165, 1.54) is 6.07 Å². The summed E-state index contributed by atoms with van der Waals surface area (Å²) in [5, 5.41) is 18.1. The van der Waals surface area contributed by atoms with Gasteiger partial charge in [-0.1, -0.05) is 6.07 Å². The number of nitrogen functional groups attached to an aromatic ring is 1. The van der Waals surface area contributed by atoms with Crippen LogP contribution >= 0.6 is 0 Å². The number of nitrogens with two attached hydrogens (primary N) is 1. The molecule has 0 fully saturated rings. The summed E-state index contributed by atoms with van der Waals surface area (Å²) in [4.78, 5) is 22.7. The second kappa shape index (κ2) is 4.77. The van der Waals surface area contributed by atoms with Gasteiger partial charge in [0, 0.05) is 5.69 Å². The van der Waals surface area contributed by atoms with Gasteiger partial charge >= 0.3 is 5.97 Å². The van der Waals surface area contributed by atoms with Crippen molar-refractivity contribution in [3.8, 4) is 0 Å². The van der Waals surface area contributed by atoms with Gasteiger partial charge in [0.15, 0.2) is 0 Å². The van der Waals surface area contributed by atoms with E-state index < -0.39 is 11.9 Å². The lowest BCUT2D eigenvalue weighted by Crippen LogP contribution is -2.15. The van der Waals surface area contributed by atoms with Crippen molar-refractivity contribution >= 4 is 23.4 Å². The molecular weight excluding hydrogens is 252 g/mol. The fourth-order valence-corrected chi connectivity index (χ4v) is 1.47. The van der Waals surface area contributed by atoms with E-state index >= 15 is 0 Å². The lowest BCUT2D eigenvalue weighted by Gasteiger charge is -2.06. The van der Waals surface area contributed by atoms with Crippen LogP contribution in [0.3, 0.4) is 0 Å². The zero-order valence-electron chi connectivity index (χ0n) is 9.88. The highest BCUT2D eigenvalue weighted by molar-refractivity contribution is 6.06. The molecule has 0 unspecified atom stereocenters. The number of carbonyl (C=O) groups excluding carboxylic acids is 1. The van der Waals surface area contributed by atoms with E-state index in [9.17, 15) is 9.59 Å². The normalized spacial score (nSPS) is 10.2. The van der Waals surface area contributed by atoms with Crippen LogP contribution in [0.2, 0.25) is 0 Å². The Morgan fingerprint density at radius 3 is 2.68 bits per heavy atom. The van der Waals surface area contributed by atoms with Crippen LogP contribution in [-0.4, -0.2) is 27.3 Å². The average molecular weight is 262 g/mol. The van der Waals surface area contributed by atoms with Gasteiger partial charge in [0.1, 0.15) is 0 Å². The summed E-state index contributed by atoms with van der Waals surface area (Å²) in [6.45, 7) is 1.66. The number of aromatic carboxylic acids is 1. The quantitative estimate of drug-likeness (QED) is 0.748. The van der Waals surface area contributed by atoms with E-state index in [4.69, 9.17) is 10.8 Å². The lowest BCUT2D eigenvalue weighted by molar-refractivity contribution is 0.0695. The molecule has 2 aromatic rings. The van der Waals surface area contributed by atoms with Crippen molar-refractivity contribution in [1.29, 1.82) is 0 Å².